The van der Waals surface area contributed by atoms with Crippen molar-refractivity contribution in [2.24, 2.45) is 35.5 Å². The Labute approximate surface area is 288 Å². The third kappa shape index (κ3) is 9.94. The first-order valence-corrected chi connectivity index (χ1v) is 17.6. The van der Waals surface area contributed by atoms with E-state index in [2.05, 4.69) is 0 Å². The normalized spacial score (nSPS) is 28.2. The molecule has 0 aromatic heterocycles. The fraction of sp³-hybridized carbons (Fsp3) is 0.833. The molecule has 1 aliphatic rings. The van der Waals surface area contributed by atoms with Gasteiger partial charge in [-0.15, -0.1) is 0 Å². The molecule has 48 heavy (non-hydrogen) atoms. The van der Waals surface area contributed by atoms with Gasteiger partial charge in [-0.3, -0.25) is 14.4 Å². The van der Waals surface area contributed by atoms with Crippen molar-refractivity contribution < 1.29 is 43.0 Å². The number of carbonyl (C=O) groups is 6. The van der Waals surface area contributed by atoms with Crippen LogP contribution in [0.1, 0.15) is 102 Å². The highest BCUT2D eigenvalue weighted by molar-refractivity contribution is 5.94. The van der Waals surface area contributed by atoms with Crippen LogP contribution in [0.15, 0.2) is 0 Å². The fourth-order valence-corrected chi connectivity index (χ4v) is 6.00. The van der Waals surface area contributed by atoms with Crippen molar-refractivity contribution >= 4 is 35.6 Å². The molecular weight excluding hydrogens is 618 g/mol. The maximum Gasteiger partial charge on any atom is 0.329 e. The van der Waals surface area contributed by atoms with Gasteiger partial charge in [0.2, 0.25) is 0 Å². The predicted molar refractivity (Wildman–Crippen MR) is 182 cm³/mol. The van der Waals surface area contributed by atoms with E-state index in [1.54, 1.807) is 62.3 Å². The fourth-order valence-electron chi connectivity index (χ4n) is 6.00. The Bertz CT molecular complexity index is 1000. The number of esters is 3. The second-order valence-electron chi connectivity index (χ2n) is 14.6. The molecule has 0 radical (unpaired) electrons. The van der Waals surface area contributed by atoms with Crippen LogP contribution < -0.4 is 0 Å². The molecule has 1 heterocycles. The molecule has 0 aromatic carbocycles. The molecule has 1 aliphatic heterocycles. The quantitative estimate of drug-likeness (QED) is 0.257. The zero-order valence-corrected chi connectivity index (χ0v) is 32.1. The average molecular weight is 682 g/mol. The molecule has 12 nitrogen and oxygen atoms in total. The third-order valence-electron chi connectivity index (χ3n) is 9.84. The van der Waals surface area contributed by atoms with Gasteiger partial charge in [0.15, 0.2) is 18.3 Å². The molecule has 0 saturated carbocycles. The maximum atomic E-state index is 14.1. The molecule has 0 unspecified atom stereocenters. The minimum absolute atomic E-state index is 0.381. The number of carbonyl (C=O) groups excluding carboxylic acids is 6. The summed E-state index contributed by atoms with van der Waals surface area (Å²) in [7, 11) is 4.39. The largest absolute Gasteiger partial charge is 0.450 e. The molecule has 276 valence electrons. The monoisotopic (exact) mass is 681 g/mol. The van der Waals surface area contributed by atoms with E-state index in [0.29, 0.717) is 19.3 Å². The lowest BCUT2D eigenvalue weighted by molar-refractivity contribution is -0.182. The predicted octanol–water partition coefficient (Wildman–Crippen LogP) is 4.32. The van der Waals surface area contributed by atoms with Crippen LogP contribution in [0.2, 0.25) is 0 Å². The van der Waals surface area contributed by atoms with Crippen LogP contribution >= 0.6 is 0 Å². The lowest BCUT2D eigenvalue weighted by atomic mass is 9.94. The standard InChI is InChI=1S/C36H63N3O9/c1-16-22(10)25-34(43)46-29(20(6)7)32(41)38(14)27(24(12)18-3)36(45)48-30(21(8)9)33(42)39(15)26(23(11)17-2)35(44)47-28(19(4)5)31(40)37(25)13/h19-30H,16-18H2,1-15H3/t22-,23-,24+,25+,26+,27+,28-,29-,30-/m1/s1. The highest BCUT2D eigenvalue weighted by Gasteiger charge is 2.46. The van der Waals surface area contributed by atoms with Crippen LogP contribution in [-0.4, -0.2) is 108 Å². The number of cyclic esters (lactones) is 3. The topological polar surface area (TPSA) is 140 Å². The number of hydrogen-bond acceptors (Lipinski definition) is 9. The Morgan fingerprint density at radius 2 is 0.625 bits per heavy atom. The second kappa shape index (κ2) is 18.5. The Morgan fingerprint density at radius 3 is 0.771 bits per heavy atom. The summed E-state index contributed by atoms with van der Waals surface area (Å²) in [6.07, 6.45) is -2.32. The van der Waals surface area contributed by atoms with Gasteiger partial charge in [0, 0.05) is 21.1 Å². The van der Waals surface area contributed by atoms with Gasteiger partial charge in [-0.25, -0.2) is 14.4 Å². The number of nitrogens with zero attached hydrogens (tertiary/aromatic N) is 3. The molecule has 0 aromatic rings. The van der Waals surface area contributed by atoms with Gasteiger partial charge < -0.3 is 28.9 Å². The Balaban J connectivity index is 4.04. The average Bonchev–Trinajstić information content (AvgIpc) is 3.02. The van der Waals surface area contributed by atoms with Crippen molar-refractivity contribution in [1.29, 1.82) is 0 Å². The highest BCUT2D eigenvalue weighted by Crippen LogP contribution is 2.27. The molecule has 0 N–H and O–H groups in total. The summed E-state index contributed by atoms with van der Waals surface area (Å²) >= 11 is 0. The zero-order valence-electron chi connectivity index (χ0n) is 32.1. The van der Waals surface area contributed by atoms with E-state index < -0.39 is 89.8 Å². The molecule has 0 bridgehead atoms. The van der Waals surface area contributed by atoms with Crippen LogP contribution in [0, 0.1) is 35.5 Å². The van der Waals surface area contributed by atoms with Crippen LogP contribution in [0.4, 0.5) is 0 Å². The summed E-state index contributed by atoms with van der Waals surface area (Å²) in [5.41, 5.74) is 0. The number of amides is 3. The maximum absolute atomic E-state index is 14.1. The number of ether oxygens (including phenoxy) is 3. The van der Waals surface area contributed by atoms with Crippen molar-refractivity contribution in [3.05, 3.63) is 0 Å². The number of rotatable bonds is 9. The van der Waals surface area contributed by atoms with Gasteiger partial charge in [-0.2, -0.15) is 0 Å². The SMILES string of the molecule is CC[C@@H](C)[C@H]1C(=O)O[C@H](C(C)C)C(=O)N(C)[C@@H]([C@@H](C)CC)C(=O)O[C@H](C(C)C)C(=O)N(C)[C@@H]([C@H](C)CC)C(=O)O[C@H](C(C)C)C(=O)N1C. The van der Waals surface area contributed by atoms with Gasteiger partial charge in [0.1, 0.15) is 18.1 Å². The van der Waals surface area contributed by atoms with E-state index >= 15 is 0 Å². The van der Waals surface area contributed by atoms with Crippen molar-refractivity contribution in [1.82, 2.24) is 14.7 Å². The van der Waals surface area contributed by atoms with Gasteiger partial charge in [-0.05, 0) is 35.5 Å². The van der Waals surface area contributed by atoms with Gasteiger partial charge in [0.25, 0.3) is 17.7 Å². The number of likely N-dealkylation sites (N-methyl/N-ethyl adjacent to an activating group) is 3. The lowest BCUT2D eigenvalue weighted by Gasteiger charge is -2.39. The van der Waals surface area contributed by atoms with Crippen molar-refractivity contribution in [3.8, 4) is 0 Å². The second-order valence-corrected chi connectivity index (χ2v) is 14.6. The van der Waals surface area contributed by atoms with E-state index in [1.165, 1.54) is 35.8 Å². The Hall–Kier alpha value is -3.18. The van der Waals surface area contributed by atoms with Crippen LogP contribution in [0.3, 0.4) is 0 Å². The Morgan fingerprint density at radius 1 is 0.438 bits per heavy atom. The van der Waals surface area contributed by atoms with E-state index in [1.807, 2.05) is 20.8 Å². The highest BCUT2D eigenvalue weighted by atomic mass is 16.6. The van der Waals surface area contributed by atoms with Gasteiger partial charge >= 0.3 is 17.9 Å². The Kier molecular flexibility index (Phi) is 16.6. The molecule has 3 amide bonds. The van der Waals surface area contributed by atoms with E-state index in [4.69, 9.17) is 14.2 Å². The summed E-state index contributed by atoms with van der Waals surface area (Å²) in [6.45, 7) is 21.4. The summed E-state index contributed by atoms with van der Waals surface area (Å²) in [4.78, 5) is 87.8. The van der Waals surface area contributed by atoms with E-state index in [0.717, 1.165) is 0 Å². The first kappa shape index (κ1) is 42.8. The smallest absolute Gasteiger partial charge is 0.329 e. The van der Waals surface area contributed by atoms with Crippen LogP contribution in [0.25, 0.3) is 0 Å². The lowest BCUT2D eigenvalue weighted by Crippen LogP contribution is -2.58. The summed E-state index contributed by atoms with van der Waals surface area (Å²) < 4.78 is 17.8. The van der Waals surface area contributed by atoms with Crippen molar-refractivity contribution in [2.75, 3.05) is 21.1 Å². The third-order valence-corrected chi connectivity index (χ3v) is 9.84. The van der Waals surface area contributed by atoms with E-state index in [-0.39, 0.29) is 17.8 Å². The van der Waals surface area contributed by atoms with Gasteiger partial charge in [0.05, 0.1) is 0 Å². The minimum Gasteiger partial charge on any atom is -0.450 e. The molecule has 9 atom stereocenters. The minimum atomic E-state index is -1.28. The van der Waals surface area contributed by atoms with Crippen molar-refractivity contribution in [3.63, 3.8) is 0 Å². The van der Waals surface area contributed by atoms with Crippen LogP contribution in [-0.2, 0) is 43.0 Å². The molecule has 0 spiro atoms. The molecule has 12 heteroatoms. The molecule has 0 aliphatic carbocycles. The molecular formula is C36H63N3O9. The van der Waals surface area contributed by atoms with Crippen molar-refractivity contribution in [2.45, 2.75) is 139 Å². The zero-order chi connectivity index (χ0) is 37.4. The molecule has 1 rings (SSSR count). The number of hydrogen-bond donors (Lipinski definition) is 0. The molecule has 1 fully saturated rings. The summed E-state index contributed by atoms with van der Waals surface area (Å²) in [5, 5.41) is 0. The summed E-state index contributed by atoms with van der Waals surface area (Å²) in [6, 6.07) is -3.30. The summed E-state index contributed by atoms with van der Waals surface area (Å²) in [5.74, 6) is -6.73. The first-order chi connectivity index (χ1) is 22.2. The van der Waals surface area contributed by atoms with E-state index in [9.17, 15) is 28.8 Å². The molecule has 1 saturated heterocycles. The first-order valence-electron chi connectivity index (χ1n) is 17.6. The van der Waals surface area contributed by atoms with Gasteiger partial charge in [-0.1, -0.05) is 102 Å². The van der Waals surface area contributed by atoms with Crippen LogP contribution in [0.5, 0.6) is 0 Å².